The molecular formula is C14H12FN3OS. The molecule has 4 N–H and O–H groups in total. The van der Waals surface area contributed by atoms with E-state index in [1.165, 1.54) is 24.3 Å². The first-order valence-corrected chi connectivity index (χ1v) is 6.19. The SMILES string of the molecule is NC(=S)Nc1ccccc1C(=O)Nc1ccc(F)cc1. The van der Waals surface area contributed by atoms with Crippen molar-refractivity contribution in [2.45, 2.75) is 0 Å². The van der Waals surface area contributed by atoms with Gasteiger partial charge in [0.1, 0.15) is 5.82 Å². The van der Waals surface area contributed by atoms with E-state index in [0.29, 0.717) is 16.9 Å². The van der Waals surface area contributed by atoms with Gasteiger partial charge in [0.2, 0.25) is 0 Å². The van der Waals surface area contributed by atoms with Gasteiger partial charge in [-0.2, -0.15) is 0 Å². The first kappa shape index (κ1) is 14.0. The molecule has 6 heteroatoms. The summed E-state index contributed by atoms with van der Waals surface area (Å²) in [5.41, 5.74) is 6.82. The van der Waals surface area contributed by atoms with E-state index in [-0.39, 0.29) is 16.8 Å². The van der Waals surface area contributed by atoms with Gasteiger partial charge >= 0.3 is 0 Å². The van der Waals surface area contributed by atoms with Gasteiger partial charge in [-0.1, -0.05) is 12.1 Å². The Bertz CT molecular complexity index is 643. The average Bonchev–Trinajstić information content (AvgIpc) is 2.41. The lowest BCUT2D eigenvalue weighted by Gasteiger charge is -2.11. The van der Waals surface area contributed by atoms with Gasteiger partial charge in [0, 0.05) is 5.69 Å². The second-order valence-corrected chi connectivity index (χ2v) is 4.44. The summed E-state index contributed by atoms with van der Waals surface area (Å²) in [7, 11) is 0. The summed E-state index contributed by atoms with van der Waals surface area (Å²) in [5, 5.41) is 5.48. The molecule has 0 aliphatic heterocycles. The Morgan fingerprint density at radius 1 is 1.05 bits per heavy atom. The van der Waals surface area contributed by atoms with Crippen molar-refractivity contribution in [1.29, 1.82) is 0 Å². The Hall–Kier alpha value is -2.47. The fraction of sp³-hybridized carbons (Fsp3) is 0. The summed E-state index contributed by atoms with van der Waals surface area (Å²) in [5.74, 6) is -0.700. The minimum Gasteiger partial charge on any atom is -0.376 e. The molecule has 20 heavy (non-hydrogen) atoms. The van der Waals surface area contributed by atoms with Crippen molar-refractivity contribution < 1.29 is 9.18 Å². The van der Waals surface area contributed by atoms with Gasteiger partial charge in [-0.05, 0) is 48.6 Å². The largest absolute Gasteiger partial charge is 0.376 e. The summed E-state index contributed by atoms with van der Waals surface area (Å²) in [6.07, 6.45) is 0. The van der Waals surface area contributed by atoms with Gasteiger partial charge < -0.3 is 16.4 Å². The molecule has 0 radical (unpaired) electrons. The standard InChI is InChI=1S/C14H12FN3OS/c15-9-5-7-10(8-6-9)17-13(19)11-3-1-2-4-12(11)18-14(16)20/h1-8H,(H,17,19)(H3,16,18,20). The number of thiocarbonyl (C=S) groups is 1. The number of rotatable bonds is 3. The number of para-hydroxylation sites is 1. The van der Waals surface area contributed by atoms with E-state index in [1.807, 2.05) is 0 Å². The van der Waals surface area contributed by atoms with E-state index in [4.69, 9.17) is 18.0 Å². The van der Waals surface area contributed by atoms with Crippen molar-refractivity contribution in [2.75, 3.05) is 10.6 Å². The van der Waals surface area contributed by atoms with Crippen LogP contribution in [0.25, 0.3) is 0 Å². The molecule has 0 saturated heterocycles. The molecule has 0 aromatic heterocycles. The monoisotopic (exact) mass is 289 g/mol. The molecule has 0 aliphatic carbocycles. The number of hydrogen-bond donors (Lipinski definition) is 3. The molecule has 102 valence electrons. The number of nitrogens with two attached hydrogens (primary N) is 1. The van der Waals surface area contributed by atoms with Crippen LogP contribution >= 0.6 is 12.2 Å². The highest BCUT2D eigenvalue weighted by Crippen LogP contribution is 2.17. The van der Waals surface area contributed by atoms with E-state index in [1.54, 1.807) is 24.3 Å². The van der Waals surface area contributed by atoms with Crippen LogP contribution < -0.4 is 16.4 Å². The van der Waals surface area contributed by atoms with Crippen molar-refractivity contribution in [3.63, 3.8) is 0 Å². The Kier molecular flexibility index (Phi) is 4.27. The fourth-order valence-corrected chi connectivity index (χ4v) is 1.76. The topological polar surface area (TPSA) is 67.1 Å². The third-order valence-corrected chi connectivity index (χ3v) is 2.63. The second kappa shape index (κ2) is 6.12. The lowest BCUT2D eigenvalue weighted by atomic mass is 10.1. The highest BCUT2D eigenvalue weighted by Gasteiger charge is 2.11. The van der Waals surface area contributed by atoms with Crippen molar-refractivity contribution in [3.05, 3.63) is 59.9 Å². The van der Waals surface area contributed by atoms with E-state index in [9.17, 15) is 9.18 Å². The molecule has 0 heterocycles. The van der Waals surface area contributed by atoms with Gasteiger partial charge in [-0.25, -0.2) is 4.39 Å². The first-order chi connectivity index (χ1) is 9.56. The average molecular weight is 289 g/mol. The predicted molar refractivity (Wildman–Crippen MR) is 81.2 cm³/mol. The highest BCUT2D eigenvalue weighted by atomic mass is 32.1. The lowest BCUT2D eigenvalue weighted by Crippen LogP contribution is -2.22. The quantitative estimate of drug-likeness (QED) is 0.760. The van der Waals surface area contributed by atoms with Crippen LogP contribution in [-0.2, 0) is 0 Å². The number of benzene rings is 2. The molecule has 2 aromatic rings. The van der Waals surface area contributed by atoms with Crippen molar-refractivity contribution >= 4 is 34.6 Å². The third-order valence-electron chi connectivity index (χ3n) is 2.53. The zero-order chi connectivity index (χ0) is 14.5. The number of anilines is 2. The van der Waals surface area contributed by atoms with Gasteiger partial charge in [-0.3, -0.25) is 4.79 Å². The molecule has 0 saturated carbocycles. The van der Waals surface area contributed by atoms with Crippen molar-refractivity contribution in [3.8, 4) is 0 Å². The molecule has 0 atom stereocenters. The second-order valence-electron chi connectivity index (χ2n) is 4.00. The fourth-order valence-electron chi connectivity index (χ4n) is 1.65. The lowest BCUT2D eigenvalue weighted by molar-refractivity contribution is 0.102. The third kappa shape index (κ3) is 3.52. The van der Waals surface area contributed by atoms with Crippen LogP contribution in [0.15, 0.2) is 48.5 Å². The maximum absolute atomic E-state index is 12.8. The summed E-state index contributed by atoms with van der Waals surface area (Å²) in [6, 6.07) is 12.3. The maximum Gasteiger partial charge on any atom is 0.257 e. The molecule has 1 amide bonds. The van der Waals surface area contributed by atoms with Gasteiger partial charge in [0.05, 0.1) is 11.3 Å². The summed E-state index contributed by atoms with van der Waals surface area (Å²) >= 11 is 4.76. The molecule has 0 spiro atoms. The van der Waals surface area contributed by atoms with E-state index in [0.717, 1.165) is 0 Å². The van der Waals surface area contributed by atoms with Crippen LogP contribution in [0.2, 0.25) is 0 Å². The van der Waals surface area contributed by atoms with Crippen LogP contribution in [0.1, 0.15) is 10.4 Å². The van der Waals surface area contributed by atoms with Crippen molar-refractivity contribution in [2.24, 2.45) is 5.73 Å². The zero-order valence-corrected chi connectivity index (χ0v) is 11.2. The Morgan fingerprint density at radius 3 is 2.35 bits per heavy atom. The molecule has 2 aromatic carbocycles. The molecule has 0 bridgehead atoms. The van der Waals surface area contributed by atoms with Gasteiger partial charge in [-0.15, -0.1) is 0 Å². The number of nitrogens with one attached hydrogen (secondary N) is 2. The first-order valence-electron chi connectivity index (χ1n) is 5.78. The maximum atomic E-state index is 12.8. The minimum atomic E-state index is -0.362. The molecular weight excluding hydrogens is 277 g/mol. The predicted octanol–water partition coefficient (Wildman–Crippen LogP) is 2.73. The van der Waals surface area contributed by atoms with Crippen LogP contribution in [0, 0.1) is 5.82 Å². The molecule has 0 unspecified atom stereocenters. The Morgan fingerprint density at radius 2 is 1.70 bits per heavy atom. The molecule has 0 aliphatic rings. The molecule has 4 nitrogen and oxygen atoms in total. The van der Waals surface area contributed by atoms with Crippen LogP contribution in [0.4, 0.5) is 15.8 Å². The minimum absolute atomic E-state index is 0.0760. The number of amides is 1. The Labute approximate surface area is 120 Å². The van der Waals surface area contributed by atoms with E-state index >= 15 is 0 Å². The highest BCUT2D eigenvalue weighted by molar-refractivity contribution is 7.80. The summed E-state index contributed by atoms with van der Waals surface area (Å²) in [6.45, 7) is 0. The normalized spacial score (nSPS) is 9.85. The Balaban J connectivity index is 2.20. The number of carbonyl (C=O) groups excluding carboxylic acids is 1. The van der Waals surface area contributed by atoms with Crippen LogP contribution in [0.3, 0.4) is 0 Å². The van der Waals surface area contributed by atoms with Crippen LogP contribution in [-0.4, -0.2) is 11.0 Å². The number of carbonyl (C=O) groups is 1. The number of hydrogen-bond acceptors (Lipinski definition) is 2. The van der Waals surface area contributed by atoms with Crippen LogP contribution in [0.5, 0.6) is 0 Å². The van der Waals surface area contributed by atoms with E-state index in [2.05, 4.69) is 10.6 Å². The van der Waals surface area contributed by atoms with Crippen molar-refractivity contribution in [1.82, 2.24) is 0 Å². The summed E-state index contributed by atoms with van der Waals surface area (Å²) in [4.78, 5) is 12.2. The van der Waals surface area contributed by atoms with Gasteiger partial charge in [0.15, 0.2) is 5.11 Å². The molecule has 2 rings (SSSR count). The number of halogens is 1. The van der Waals surface area contributed by atoms with Gasteiger partial charge in [0.25, 0.3) is 5.91 Å². The van der Waals surface area contributed by atoms with E-state index < -0.39 is 0 Å². The zero-order valence-electron chi connectivity index (χ0n) is 10.4. The summed E-state index contributed by atoms with van der Waals surface area (Å²) < 4.78 is 12.8. The smallest absolute Gasteiger partial charge is 0.257 e. The molecule has 0 fully saturated rings.